The quantitative estimate of drug-likeness (QED) is 0.331. The molecule has 1 aromatic carbocycles. The molecule has 0 aliphatic carbocycles. The van der Waals surface area contributed by atoms with Gasteiger partial charge in [-0.1, -0.05) is 25.1 Å². The van der Waals surface area contributed by atoms with E-state index in [0.717, 1.165) is 30.4 Å². The predicted octanol–water partition coefficient (Wildman–Crippen LogP) is 3.03. The van der Waals surface area contributed by atoms with Crippen LogP contribution in [0.1, 0.15) is 33.3 Å². The number of likely N-dealkylation sites (N-methyl/N-ethyl adjacent to an activating group) is 1. The summed E-state index contributed by atoms with van der Waals surface area (Å²) in [7, 11) is 4.01. The van der Waals surface area contributed by atoms with E-state index in [2.05, 4.69) is 66.2 Å². The lowest BCUT2D eigenvalue weighted by atomic mass is 10.1. The van der Waals surface area contributed by atoms with Crippen LogP contribution in [-0.2, 0) is 6.54 Å². The van der Waals surface area contributed by atoms with Crippen molar-refractivity contribution in [2.75, 3.05) is 53.4 Å². The summed E-state index contributed by atoms with van der Waals surface area (Å²) < 4.78 is 6.08. The Kier molecular flexibility index (Phi) is 11.3. The van der Waals surface area contributed by atoms with Crippen molar-refractivity contribution in [3.05, 3.63) is 29.8 Å². The molecule has 1 fully saturated rings. The number of guanidine groups is 1. The molecule has 1 aliphatic heterocycles. The minimum absolute atomic E-state index is 0. The lowest BCUT2D eigenvalue weighted by molar-refractivity contribution is 0.129. The lowest BCUT2D eigenvalue weighted by Crippen LogP contribution is -2.47. The topological polar surface area (TPSA) is 52.1 Å². The third-order valence-corrected chi connectivity index (χ3v) is 4.84. The number of hydrogen-bond donors (Lipinski definition) is 2. The molecule has 0 radical (unpaired) electrons. The average Bonchev–Trinajstić information content (AvgIpc) is 2.64. The Labute approximate surface area is 194 Å². The van der Waals surface area contributed by atoms with Crippen molar-refractivity contribution in [2.24, 2.45) is 10.9 Å². The second kappa shape index (κ2) is 12.6. The zero-order valence-electron chi connectivity index (χ0n) is 19.0. The van der Waals surface area contributed by atoms with Crippen molar-refractivity contribution in [1.29, 1.82) is 0 Å². The standard InChI is InChI=1S/C22H39N5O.HI/c1-18(17-27-13-11-26(6)12-14-27)15-24-21(23-5)25-16-19-9-7-8-10-20(19)28-22(2,3)4;/h7-10,18H,11-17H2,1-6H3,(H2,23,24,25);1H. The predicted molar refractivity (Wildman–Crippen MR) is 134 cm³/mol. The van der Waals surface area contributed by atoms with Crippen LogP contribution >= 0.6 is 24.0 Å². The summed E-state index contributed by atoms with van der Waals surface area (Å²) in [6.07, 6.45) is 0. The molecule has 1 unspecified atom stereocenters. The van der Waals surface area contributed by atoms with Crippen LogP contribution in [0.3, 0.4) is 0 Å². The van der Waals surface area contributed by atoms with E-state index in [1.807, 2.05) is 25.2 Å². The molecule has 1 heterocycles. The molecule has 0 aromatic heterocycles. The largest absolute Gasteiger partial charge is 0.488 e. The Morgan fingerprint density at radius 2 is 1.79 bits per heavy atom. The van der Waals surface area contributed by atoms with Gasteiger partial charge in [0.2, 0.25) is 0 Å². The van der Waals surface area contributed by atoms with Crippen molar-refractivity contribution in [3.8, 4) is 5.75 Å². The van der Waals surface area contributed by atoms with Crippen molar-refractivity contribution < 1.29 is 4.74 Å². The van der Waals surface area contributed by atoms with Crippen LogP contribution in [0, 0.1) is 5.92 Å². The van der Waals surface area contributed by atoms with Crippen LogP contribution < -0.4 is 15.4 Å². The van der Waals surface area contributed by atoms with Crippen molar-refractivity contribution in [2.45, 2.75) is 39.8 Å². The molecule has 0 amide bonds. The number of rotatable bonds is 7. The van der Waals surface area contributed by atoms with Gasteiger partial charge in [-0.15, -0.1) is 24.0 Å². The Hall–Kier alpha value is -1.06. The minimum Gasteiger partial charge on any atom is -0.488 e. The fourth-order valence-corrected chi connectivity index (χ4v) is 3.29. The fourth-order valence-electron chi connectivity index (χ4n) is 3.29. The minimum atomic E-state index is -0.214. The summed E-state index contributed by atoms with van der Waals surface area (Å²) >= 11 is 0. The first-order valence-corrected chi connectivity index (χ1v) is 10.4. The maximum atomic E-state index is 6.08. The van der Waals surface area contributed by atoms with E-state index in [0.29, 0.717) is 12.5 Å². The molecule has 6 nitrogen and oxygen atoms in total. The molecule has 7 heteroatoms. The molecule has 0 bridgehead atoms. The molecule has 2 N–H and O–H groups in total. The first-order valence-electron chi connectivity index (χ1n) is 10.4. The smallest absolute Gasteiger partial charge is 0.191 e. The number of ether oxygens (including phenoxy) is 1. The van der Waals surface area contributed by atoms with Crippen LogP contribution in [0.4, 0.5) is 0 Å². The first-order chi connectivity index (χ1) is 13.3. The molecule has 1 aromatic rings. The second-order valence-corrected chi connectivity index (χ2v) is 8.84. The van der Waals surface area contributed by atoms with E-state index in [1.165, 1.54) is 26.2 Å². The van der Waals surface area contributed by atoms with Crippen molar-refractivity contribution in [1.82, 2.24) is 20.4 Å². The summed E-state index contributed by atoms with van der Waals surface area (Å²) in [4.78, 5) is 9.32. The van der Waals surface area contributed by atoms with Gasteiger partial charge in [0.25, 0.3) is 0 Å². The maximum absolute atomic E-state index is 6.08. The number of para-hydroxylation sites is 1. The highest BCUT2D eigenvalue weighted by Crippen LogP contribution is 2.22. The van der Waals surface area contributed by atoms with Gasteiger partial charge < -0.3 is 25.2 Å². The van der Waals surface area contributed by atoms with Crippen LogP contribution in [0.5, 0.6) is 5.75 Å². The van der Waals surface area contributed by atoms with Gasteiger partial charge in [0.15, 0.2) is 5.96 Å². The third kappa shape index (κ3) is 10.00. The van der Waals surface area contributed by atoms with Gasteiger partial charge in [0, 0.05) is 58.4 Å². The molecule has 0 spiro atoms. The van der Waals surface area contributed by atoms with Gasteiger partial charge in [-0.2, -0.15) is 0 Å². The second-order valence-electron chi connectivity index (χ2n) is 8.84. The van der Waals surface area contributed by atoms with E-state index in [4.69, 9.17) is 4.74 Å². The van der Waals surface area contributed by atoms with E-state index < -0.39 is 0 Å². The summed E-state index contributed by atoms with van der Waals surface area (Å²) in [5.74, 6) is 2.32. The van der Waals surface area contributed by atoms with Gasteiger partial charge >= 0.3 is 0 Å². The molecular weight excluding hydrogens is 477 g/mol. The number of benzene rings is 1. The molecule has 166 valence electrons. The SMILES string of the molecule is CN=C(NCc1ccccc1OC(C)(C)C)NCC(C)CN1CCN(C)CC1.I. The molecular formula is C22H40IN5O. The highest BCUT2D eigenvalue weighted by atomic mass is 127. The van der Waals surface area contributed by atoms with Crippen molar-refractivity contribution in [3.63, 3.8) is 0 Å². The number of nitrogens with one attached hydrogen (secondary N) is 2. The maximum Gasteiger partial charge on any atom is 0.191 e. The van der Waals surface area contributed by atoms with E-state index in [-0.39, 0.29) is 29.6 Å². The molecule has 1 atom stereocenters. The van der Waals surface area contributed by atoms with Crippen LogP contribution in [-0.4, -0.2) is 74.7 Å². The summed E-state index contributed by atoms with van der Waals surface area (Å²) in [5.41, 5.74) is 0.917. The fraction of sp³-hybridized carbons (Fsp3) is 0.682. The van der Waals surface area contributed by atoms with E-state index >= 15 is 0 Å². The highest BCUT2D eigenvalue weighted by molar-refractivity contribution is 14.0. The Morgan fingerprint density at radius 1 is 1.14 bits per heavy atom. The number of halogens is 1. The summed E-state index contributed by atoms with van der Waals surface area (Å²) in [6.45, 7) is 15.9. The third-order valence-electron chi connectivity index (χ3n) is 4.84. The zero-order chi connectivity index (χ0) is 20.6. The van der Waals surface area contributed by atoms with Crippen LogP contribution in [0.25, 0.3) is 0 Å². The van der Waals surface area contributed by atoms with Gasteiger partial charge in [-0.05, 0) is 39.8 Å². The van der Waals surface area contributed by atoms with Gasteiger partial charge in [-0.3, -0.25) is 4.99 Å². The summed E-state index contributed by atoms with van der Waals surface area (Å²) in [6, 6.07) is 8.17. The van der Waals surface area contributed by atoms with Gasteiger partial charge in [-0.25, -0.2) is 0 Å². The Balaban J connectivity index is 0.00000420. The lowest BCUT2D eigenvalue weighted by Gasteiger charge is -2.34. The Bertz CT molecular complexity index is 624. The monoisotopic (exact) mass is 517 g/mol. The van der Waals surface area contributed by atoms with Crippen LogP contribution in [0.15, 0.2) is 29.3 Å². The number of hydrogen-bond acceptors (Lipinski definition) is 4. The first kappa shape index (κ1) is 26.0. The van der Waals surface area contributed by atoms with Gasteiger partial charge in [0.1, 0.15) is 11.4 Å². The van der Waals surface area contributed by atoms with E-state index in [1.54, 1.807) is 0 Å². The number of aliphatic imine (C=N–C) groups is 1. The van der Waals surface area contributed by atoms with E-state index in [9.17, 15) is 0 Å². The zero-order valence-corrected chi connectivity index (χ0v) is 21.3. The molecule has 29 heavy (non-hydrogen) atoms. The molecule has 0 saturated carbocycles. The van der Waals surface area contributed by atoms with Crippen LogP contribution in [0.2, 0.25) is 0 Å². The molecule has 2 rings (SSSR count). The number of piperazine rings is 1. The normalized spacial score (nSPS) is 17.4. The van der Waals surface area contributed by atoms with Gasteiger partial charge in [0.05, 0.1) is 0 Å². The molecule has 1 saturated heterocycles. The molecule has 1 aliphatic rings. The van der Waals surface area contributed by atoms with Crippen molar-refractivity contribution >= 4 is 29.9 Å². The number of nitrogens with zero attached hydrogens (tertiary/aromatic N) is 3. The summed E-state index contributed by atoms with van der Waals surface area (Å²) in [5, 5.41) is 6.88. The Morgan fingerprint density at radius 3 is 2.41 bits per heavy atom. The average molecular weight is 518 g/mol. The highest BCUT2D eigenvalue weighted by Gasteiger charge is 2.17.